The van der Waals surface area contributed by atoms with Crippen molar-refractivity contribution >= 4 is 11.6 Å². The van der Waals surface area contributed by atoms with E-state index < -0.39 is 0 Å². The summed E-state index contributed by atoms with van der Waals surface area (Å²) in [5.41, 5.74) is 2.77. The van der Waals surface area contributed by atoms with Crippen LogP contribution >= 0.6 is 0 Å². The molecule has 1 heterocycles. The quantitative estimate of drug-likeness (QED) is 0.849. The highest BCUT2D eigenvalue weighted by Crippen LogP contribution is 2.42. The molecule has 7 heteroatoms. The smallest absolute Gasteiger partial charge is 0.227 e. The Bertz CT molecular complexity index is 712. The van der Waals surface area contributed by atoms with Crippen LogP contribution in [0.4, 0.5) is 5.69 Å². The largest absolute Gasteiger partial charge is 0.493 e. The summed E-state index contributed by atoms with van der Waals surface area (Å²) in [4.78, 5) is 12.1. The highest BCUT2D eigenvalue weighted by atomic mass is 16.5. The number of H-pyrrole nitrogens is 1. The fraction of sp³-hybridized carbons (Fsp3) is 0.412. The Kier molecular flexibility index (Phi) is 5.33. The molecule has 24 heavy (non-hydrogen) atoms. The number of rotatable bonds is 6. The Morgan fingerprint density at radius 3 is 2.17 bits per heavy atom. The number of carbonyl (C=O) groups is 1. The molecule has 1 amide bonds. The molecule has 0 atom stereocenters. The van der Waals surface area contributed by atoms with E-state index in [1.165, 1.54) is 0 Å². The van der Waals surface area contributed by atoms with Crippen molar-refractivity contribution in [3.63, 3.8) is 0 Å². The molecular formula is C17H23N3O4. The first-order valence-corrected chi connectivity index (χ1v) is 7.59. The van der Waals surface area contributed by atoms with Crippen LogP contribution in [-0.4, -0.2) is 37.4 Å². The van der Waals surface area contributed by atoms with E-state index in [4.69, 9.17) is 14.2 Å². The number of hydrogen-bond donors (Lipinski definition) is 2. The number of anilines is 1. The topological polar surface area (TPSA) is 85.5 Å². The summed E-state index contributed by atoms with van der Waals surface area (Å²) < 4.78 is 16.1. The number of aromatic amines is 1. The number of aromatic nitrogens is 2. The fourth-order valence-electron chi connectivity index (χ4n) is 2.28. The van der Waals surface area contributed by atoms with E-state index in [0.717, 1.165) is 11.3 Å². The SMILES string of the molecule is COc1cc(-c2n[nH]c(C)c2NC(=O)C(C)C)cc(OC)c1OC. The number of hydrogen-bond acceptors (Lipinski definition) is 5. The third-order valence-corrected chi connectivity index (χ3v) is 3.66. The Balaban J connectivity index is 2.55. The number of carbonyl (C=O) groups excluding carboxylic acids is 1. The zero-order chi connectivity index (χ0) is 17.9. The predicted molar refractivity (Wildman–Crippen MR) is 91.9 cm³/mol. The molecule has 0 radical (unpaired) electrons. The molecule has 7 nitrogen and oxygen atoms in total. The van der Waals surface area contributed by atoms with Crippen molar-refractivity contribution in [2.24, 2.45) is 5.92 Å². The number of nitrogens with one attached hydrogen (secondary N) is 2. The first-order chi connectivity index (χ1) is 11.4. The molecule has 0 aliphatic carbocycles. The monoisotopic (exact) mass is 333 g/mol. The highest BCUT2D eigenvalue weighted by Gasteiger charge is 2.20. The van der Waals surface area contributed by atoms with Gasteiger partial charge in [0.05, 0.1) is 32.7 Å². The van der Waals surface area contributed by atoms with Gasteiger partial charge in [-0.3, -0.25) is 9.89 Å². The second kappa shape index (κ2) is 7.25. The number of amides is 1. The van der Waals surface area contributed by atoms with Gasteiger partial charge in [0.1, 0.15) is 5.69 Å². The summed E-state index contributed by atoms with van der Waals surface area (Å²) in [7, 11) is 4.66. The van der Waals surface area contributed by atoms with Crippen LogP contribution < -0.4 is 19.5 Å². The Labute approximate surface area is 141 Å². The first-order valence-electron chi connectivity index (χ1n) is 7.59. The zero-order valence-corrected chi connectivity index (χ0v) is 14.8. The molecule has 0 aliphatic heterocycles. The number of ether oxygens (including phenoxy) is 3. The molecular weight excluding hydrogens is 310 g/mol. The van der Waals surface area contributed by atoms with Gasteiger partial charge in [-0.25, -0.2) is 0 Å². The summed E-state index contributed by atoms with van der Waals surface area (Å²) in [5, 5.41) is 10.1. The van der Waals surface area contributed by atoms with E-state index in [-0.39, 0.29) is 11.8 Å². The van der Waals surface area contributed by atoms with Crippen LogP contribution in [0.2, 0.25) is 0 Å². The minimum Gasteiger partial charge on any atom is -0.493 e. The lowest BCUT2D eigenvalue weighted by molar-refractivity contribution is -0.118. The van der Waals surface area contributed by atoms with Gasteiger partial charge in [0, 0.05) is 11.5 Å². The molecule has 0 saturated carbocycles. The summed E-state index contributed by atoms with van der Waals surface area (Å²) in [6, 6.07) is 3.59. The van der Waals surface area contributed by atoms with Crippen molar-refractivity contribution in [1.29, 1.82) is 0 Å². The summed E-state index contributed by atoms with van der Waals surface area (Å²) in [5.74, 6) is 1.34. The van der Waals surface area contributed by atoms with E-state index in [2.05, 4.69) is 15.5 Å². The fourth-order valence-corrected chi connectivity index (χ4v) is 2.28. The summed E-state index contributed by atoms with van der Waals surface area (Å²) in [6.45, 7) is 5.53. The van der Waals surface area contributed by atoms with Crippen molar-refractivity contribution in [2.75, 3.05) is 26.6 Å². The van der Waals surface area contributed by atoms with E-state index in [1.807, 2.05) is 20.8 Å². The van der Waals surface area contributed by atoms with Gasteiger partial charge in [-0.05, 0) is 19.1 Å². The van der Waals surface area contributed by atoms with Gasteiger partial charge >= 0.3 is 0 Å². The summed E-state index contributed by atoms with van der Waals surface area (Å²) >= 11 is 0. The first kappa shape index (κ1) is 17.7. The predicted octanol–water partition coefficient (Wildman–Crippen LogP) is 3.01. The van der Waals surface area contributed by atoms with E-state index in [0.29, 0.717) is 28.6 Å². The molecule has 0 bridgehead atoms. The number of aryl methyl sites for hydroxylation is 1. The molecule has 0 unspecified atom stereocenters. The zero-order valence-electron chi connectivity index (χ0n) is 14.8. The Hall–Kier alpha value is -2.70. The van der Waals surface area contributed by atoms with Crippen LogP contribution in [0.15, 0.2) is 12.1 Å². The second-order valence-electron chi connectivity index (χ2n) is 5.63. The average molecular weight is 333 g/mol. The minimum atomic E-state index is -0.132. The maximum absolute atomic E-state index is 12.1. The standard InChI is InChI=1S/C17H23N3O4/c1-9(2)17(21)18-14-10(3)19-20-15(14)11-7-12(22-4)16(24-6)13(8-11)23-5/h7-9H,1-6H3,(H,18,21)(H,19,20). The Morgan fingerprint density at radius 2 is 1.71 bits per heavy atom. The minimum absolute atomic E-state index is 0.0757. The van der Waals surface area contributed by atoms with Crippen molar-refractivity contribution in [3.05, 3.63) is 17.8 Å². The van der Waals surface area contributed by atoms with Crippen LogP contribution in [0.1, 0.15) is 19.5 Å². The van der Waals surface area contributed by atoms with Gasteiger partial charge in [0.25, 0.3) is 0 Å². The van der Waals surface area contributed by atoms with E-state index in [9.17, 15) is 4.79 Å². The molecule has 1 aromatic heterocycles. The third-order valence-electron chi connectivity index (χ3n) is 3.66. The van der Waals surface area contributed by atoms with E-state index >= 15 is 0 Å². The van der Waals surface area contributed by atoms with Crippen molar-refractivity contribution < 1.29 is 19.0 Å². The lowest BCUT2D eigenvalue weighted by atomic mass is 10.1. The maximum Gasteiger partial charge on any atom is 0.227 e. The third kappa shape index (κ3) is 3.29. The summed E-state index contributed by atoms with van der Waals surface area (Å²) in [6.07, 6.45) is 0. The molecule has 2 N–H and O–H groups in total. The molecule has 0 saturated heterocycles. The van der Waals surface area contributed by atoms with Crippen LogP contribution in [0, 0.1) is 12.8 Å². The molecule has 0 spiro atoms. The average Bonchev–Trinajstić information content (AvgIpc) is 2.94. The normalized spacial score (nSPS) is 10.6. The van der Waals surface area contributed by atoms with Crippen molar-refractivity contribution in [1.82, 2.24) is 10.2 Å². The van der Waals surface area contributed by atoms with Gasteiger partial charge in [-0.1, -0.05) is 13.8 Å². The second-order valence-corrected chi connectivity index (χ2v) is 5.63. The molecule has 0 aliphatic rings. The van der Waals surface area contributed by atoms with Gasteiger partial charge in [-0.2, -0.15) is 5.10 Å². The number of methoxy groups -OCH3 is 3. The molecule has 2 aromatic rings. The number of benzene rings is 1. The lowest BCUT2D eigenvalue weighted by Crippen LogP contribution is -2.18. The molecule has 2 rings (SSSR count). The maximum atomic E-state index is 12.1. The van der Waals surface area contributed by atoms with Gasteiger partial charge < -0.3 is 19.5 Å². The highest BCUT2D eigenvalue weighted by molar-refractivity contribution is 5.96. The lowest BCUT2D eigenvalue weighted by Gasteiger charge is -2.14. The van der Waals surface area contributed by atoms with Crippen LogP contribution in [0.25, 0.3) is 11.3 Å². The van der Waals surface area contributed by atoms with Crippen molar-refractivity contribution in [2.45, 2.75) is 20.8 Å². The Morgan fingerprint density at radius 1 is 1.12 bits per heavy atom. The molecule has 1 aromatic carbocycles. The van der Waals surface area contributed by atoms with Crippen molar-refractivity contribution in [3.8, 4) is 28.5 Å². The van der Waals surface area contributed by atoms with Gasteiger partial charge in [0.2, 0.25) is 11.7 Å². The van der Waals surface area contributed by atoms with Gasteiger partial charge in [-0.15, -0.1) is 0 Å². The van der Waals surface area contributed by atoms with Crippen LogP contribution in [0.3, 0.4) is 0 Å². The van der Waals surface area contributed by atoms with Gasteiger partial charge in [0.15, 0.2) is 11.5 Å². The van der Waals surface area contributed by atoms with Crippen LogP contribution in [-0.2, 0) is 4.79 Å². The number of nitrogens with zero attached hydrogens (tertiary/aromatic N) is 1. The van der Waals surface area contributed by atoms with E-state index in [1.54, 1.807) is 33.5 Å². The molecule has 130 valence electrons. The molecule has 0 fully saturated rings. The van der Waals surface area contributed by atoms with Crippen LogP contribution in [0.5, 0.6) is 17.2 Å².